The van der Waals surface area contributed by atoms with Crippen LogP contribution in [-0.4, -0.2) is 59.8 Å². The highest BCUT2D eigenvalue weighted by Gasteiger charge is 2.24. The van der Waals surface area contributed by atoms with Gasteiger partial charge in [-0.25, -0.2) is 69.5 Å². The van der Waals surface area contributed by atoms with Crippen LogP contribution in [0.5, 0.6) is 0 Å². The molecule has 0 fully saturated rings. The number of hydrogen-bond acceptors (Lipinski definition) is 14. The van der Waals surface area contributed by atoms with Crippen LogP contribution in [0.25, 0.3) is 209 Å². The second-order valence-corrected chi connectivity index (χ2v) is 28.9. The largest absolute Gasteiger partial charge is 0.238 e. The molecule has 0 bridgehead atoms. The number of thiophene rings is 2. The molecule has 6 aromatic heterocycles. The van der Waals surface area contributed by atoms with Gasteiger partial charge in [0, 0.05) is 107 Å². The topological polar surface area (TPSA) is 163 Å². The summed E-state index contributed by atoms with van der Waals surface area (Å²) in [5.74, 6) is 7.17. The van der Waals surface area contributed by atoms with Crippen LogP contribution in [0.4, 0.5) is 11.4 Å². The summed E-state index contributed by atoms with van der Waals surface area (Å²) >= 11 is 3.41. The van der Waals surface area contributed by atoms with Crippen LogP contribution < -0.4 is 0 Å². The molecule has 6 heterocycles. The van der Waals surface area contributed by atoms with Gasteiger partial charge < -0.3 is 0 Å². The number of hydrogen-bond donors (Lipinski definition) is 0. The number of benzene rings is 14. The van der Waals surface area contributed by atoms with E-state index in [1.54, 1.807) is 22.7 Å². The van der Waals surface area contributed by atoms with Crippen molar-refractivity contribution in [2.75, 3.05) is 0 Å². The van der Waals surface area contributed by atoms with Crippen LogP contribution in [0.3, 0.4) is 0 Å². The second kappa shape index (κ2) is 30.5. The summed E-state index contributed by atoms with van der Waals surface area (Å²) < 4.78 is 4.33. The SMILES string of the molecule is [C-]#[N+]c1cccc(-c2ccc(-c3nc(-c4ccccc4)nc(-c4cccc5c4sc4cccc(-c6nc(-c7ccccc7)nc(-c7ccccc7)n6)c45)n3)cc2)c1.[C-]#[N+]c1ccccc1-c1ccc(-c2nc(-c3ccccc3)nc(-c3cccc4c3sc3cccc(-c5nc(-c6ccccc6)nc(-c6ccccc6)n5)c34)n2)cc1. The third-order valence-corrected chi connectivity index (χ3v) is 22.1. The van der Waals surface area contributed by atoms with E-state index in [1.807, 2.05) is 279 Å². The first-order valence-electron chi connectivity index (χ1n) is 36.8. The maximum absolute atomic E-state index is 7.64. The molecule has 0 saturated heterocycles. The zero-order chi connectivity index (χ0) is 76.3. The average molecular weight is 1500 g/mol. The Morgan fingerprint density at radius 3 is 0.807 bits per heavy atom. The van der Waals surface area contributed by atoms with E-state index in [9.17, 15) is 0 Å². The number of nitrogens with zero attached hydrogens (tertiary/aromatic N) is 14. The quantitative estimate of drug-likeness (QED) is 0.0948. The lowest BCUT2D eigenvalue weighted by Gasteiger charge is -2.10. The van der Waals surface area contributed by atoms with Gasteiger partial charge in [0.15, 0.2) is 81.3 Å². The first-order valence-corrected chi connectivity index (χ1v) is 38.4. The van der Waals surface area contributed by atoms with Crippen molar-refractivity contribution in [3.63, 3.8) is 0 Å². The van der Waals surface area contributed by atoms with Gasteiger partial charge in [-0.2, -0.15) is 0 Å². The summed E-state index contributed by atoms with van der Waals surface area (Å²) in [6.07, 6.45) is 0. The van der Waals surface area contributed by atoms with E-state index in [0.717, 1.165) is 129 Å². The Hall–Kier alpha value is -15.5. The maximum Gasteiger partial charge on any atom is 0.194 e. The zero-order valence-electron chi connectivity index (χ0n) is 60.6. The molecule has 0 unspecified atom stereocenters. The molecule has 0 radical (unpaired) electrons. The normalized spacial score (nSPS) is 11.1. The zero-order valence-corrected chi connectivity index (χ0v) is 62.2. The minimum Gasteiger partial charge on any atom is -0.238 e. The minimum atomic E-state index is 0.565. The van der Waals surface area contributed by atoms with Crippen LogP contribution >= 0.6 is 22.7 Å². The van der Waals surface area contributed by atoms with Gasteiger partial charge in [0.05, 0.1) is 13.1 Å². The number of rotatable bonds is 14. The fourth-order valence-corrected chi connectivity index (χ4v) is 16.6. The molecule has 14 aromatic carbocycles. The van der Waals surface area contributed by atoms with Crippen LogP contribution in [0.1, 0.15) is 0 Å². The average Bonchev–Trinajstić information content (AvgIpc) is 1.58. The Morgan fingerprint density at radius 2 is 0.456 bits per heavy atom. The molecule has 0 aliphatic heterocycles. The molecule has 0 amide bonds. The Morgan fingerprint density at radius 1 is 0.193 bits per heavy atom. The molecular weight excluding hydrogens is 1440 g/mol. The fraction of sp³-hybridized carbons (Fsp3) is 0. The van der Waals surface area contributed by atoms with Crippen molar-refractivity contribution in [3.05, 3.63) is 375 Å². The summed E-state index contributed by atoms with van der Waals surface area (Å²) in [5, 5.41) is 4.27. The smallest absolute Gasteiger partial charge is 0.194 e. The van der Waals surface area contributed by atoms with Crippen LogP contribution in [-0.2, 0) is 0 Å². The van der Waals surface area contributed by atoms with Crippen molar-refractivity contribution in [3.8, 4) is 159 Å². The predicted molar refractivity (Wildman–Crippen MR) is 461 cm³/mol. The third-order valence-electron chi connectivity index (χ3n) is 19.7. The highest BCUT2D eigenvalue weighted by Crippen LogP contribution is 2.47. The van der Waals surface area contributed by atoms with E-state index in [2.05, 4.69) is 82.5 Å². The maximum atomic E-state index is 7.64. The highest BCUT2D eigenvalue weighted by atomic mass is 32.1. The molecule has 532 valence electrons. The van der Waals surface area contributed by atoms with Gasteiger partial charge in [-0.1, -0.05) is 322 Å². The number of aromatic nitrogens is 12. The second-order valence-electron chi connectivity index (χ2n) is 26.8. The lowest BCUT2D eigenvalue weighted by atomic mass is 10.0. The van der Waals surface area contributed by atoms with Crippen LogP contribution in [0.15, 0.2) is 352 Å². The Kier molecular flexibility index (Phi) is 18.5. The number of para-hydroxylation sites is 1. The predicted octanol–water partition coefficient (Wildman–Crippen LogP) is 25.3. The monoisotopic (exact) mass is 1490 g/mol. The van der Waals surface area contributed by atoms with E-state index in [1.165, 1.54) is 0 Å². The molecule has 20 aromatic rings. The van der Waals surface area contributed by atoms with Crippen molar-refractivity contribution in [1.29, 1.82) is 0 Å². The summed E-state index contributed by atoms with van der Waals surface area (Å²) in [4.78, 5) is 67.9. The van der Waals surface area contributed by atoms with Crippen molar-refractivity contribution in [1.82, 2.24) is 59.8 Å². The minimum absolute atomic E-state index is 0.565. The molecule has 0 atom stereocenters. The summed E-state index contributed by atoms with van der Waals surface area (Å²) in [6, 6.07) is 117. The molecule has 114 heavy (non-hydrogen) atoms. The van der Waals surface area contributed by atoms with Crippen molar-refractivity contribution in [2.24, 2.45) is 0 Å². The first-order chi connectivity index (χ1) is 56.4. The van der Waals surface area contributed by atoms with Crippen LogP contribution in [0.2, 0.25) is 0 Å². The van der Waals surface area contributed by atoms with Gasteiger partial charge in [0.2, 0.25) is 0 Å². The molecule has 0 N–H and O–H groups in total. The molecule has 0 saturated carbocycles. The van der Waals surface area contributed by atoms with E-state index in [-0.39, 0.29) is 0 Å². The van der Waals surface area contributed by atoms with Gasteiger partial charge in [0.25, 0.3) is 0 Å². The standard InChI is InChI=1S/2C49H29N7S/c1-50-37-21-11-20-36(30-37)31-26-28-35(29-27-31)47-52-46(34-18-9-4-10-19-34)55-49(56-47)40-24-12-22-38-42-39(23-13-25-41(42)57-43(38)40)48-53-44(32-14-5-2-6-15-32)51-45(54-48)33-16-7-3-8-17-33;1-50-40-25-12-11-21-36(40)31-27-29-35(30-28-31)47-52-46(34-19-9-4-10-20-34)55-49(56-47)39-24-13-22-37-42-38(23-14-26-41(42)57-43(37)39)48-53-44(32-15-5-2-6-16-32)51-45(54-48)33-17-7-3-8-18-33/h2*2-30H. The van der Waals surface area contributed by atoms with E-state index >= 15 is 0 Å². The van der Waals surface area contributed by atoms with Crippen molar-refractivity contribution >= 4 is 74.4 Å². The fourth-order valence-electron chi connectivity index (χ4n) is 14.1. The molecule has 0 aliphatic carbocycles. The summed E-state index contributed by atoms with van der Waals surface area (Å²) in [7, 11) is 0. The molecule has 16 heteroatoms. The Labute approximate surface area is 663 Å². The van der Waals surface area contributed by atoms with E-state index < -0.39 is 0 Å². The lowest BCUT2D eigenvalue weighted by molar-refractivity contribution is 1.08. The van der Waals surface area contributed by atoms with Gasteiger partial charge in [-0.3, -0.25) is 0 Å². The van der Waals surface area contributed by atoms with Gasteiger partial charge in [0.1, 0.15) is 0 Å². The number of fused-ring (bicyclic) bond motifs is 6. The third kappa shape index (κ3) is 13.7. The molecule has 0 aliphatic rings. The van der Waals surface area contributed by atoms with Gasteiger partial charge in [-0.15, -0.1) is 22.7 Å². The first kappa shape index (κ1) is 69.0. The molecule has 0 spiro atoms. The van der Waals surface area contributed by atoms with Crippen LogP contribution in [0, 0.1) is 13.1 Å². The Bertz CT molecular complexity index is 6980. The van der Waals surface area contributed by atoms with E-state index in [4.69, 9.17) is 73.0 Å². The van der Waals surface area contributed by atoms with Crippen molar-refractivity contribution < 1.29 is 0 Å². The molecule has 14 nitrogen and oxygen atoms in total. The highest BCUT2D eigenvalue weighted by molar-refractivity contribution is 7.27. The molecular formula is C98H58N14S2. The van der Waals surface area contributed by atoms with Gasteiger partial charge >= 0.3 is 0 Å². The van der Waals surface area contributed by atoms with Crippen molar-refractivity contribution in [2.45, 2.75) is 0 Å². The van der Waals surface area contributed by atoms with Gasteiger partial charge in [-0.05, 0) is 52.6 Å². The van der Waals surface area contributed by atoms with E-state index in [0.29, 0.717) is 81.3 Å². The molecule has 20 rings (SSSR count). The lowest BCUT2D eigenvalue weighted by Crippen LogP contribution is -2.00. The Balaban J connectivity index is 0.000000153. The summed E-state index contributed by atoms with van der Waals surface area (Å²) in [6.45, 7) is 15.1. The summed E-state index contributed by atoms with van der Waals surface area (Å²) in [5.41, 5.74) is 15.9.